The Morgan fingerprint density at radius 2 is 2.14 bits per heavy atom. The lowest BCUT2D eigenvalue weighted by molar-refractivity contribution is 0.0996. The number of rotatable bonds is 0. The zero-order chi connectivity index (χ0) is 9.71. The highest BCUT2D eigenvalue weighted by molar-refractivity contribution is 6.11. The number of carbonyl (C=O) groups is 1. The molecular weight excluding hydrogens is 176 g/mol. The minimum atomic E-state index is 0.246. The molecule has 1 heterocycles. The fourth-order valence-electron chi connectivity index (χ4n) is 2.14. The van der Waals surface area contributed by atoms with Crippen molar-refractivity contribution in [3.05, 3.63) is 29.5 Å². The summed E-state index contributed by atoms with van der Waals surface area (Å²) in [5.41, 5.74) is 9.31. The number of hydrogen-bond acceptors (Lipinski definition) is 2. The van der Waals surface area contributed by atoms with Crippen LogP contribution in [0, 0.1) is 0 Å². The Hall–Kier alpha value is -1.77. The molecule has 0 spiro atoms. The van der Waals surface area contributed by atoms with Gasteiger partial charge in [-0.3, -0.25) is 4.79 Å². The van der Waals surface area contributed by atoms with Crippen LogP contribution in [0.3, 0.4) is 0 Å². The minimum absolute atomic E-state index is 0.246. The smallest absolute Gasteiger partial charge is 0.165 e. The Morgan fingerprint density at radius 1 is 1.29 bits per heavy atom. The summed E-state index contributed by atoms with van der Waals surface area (Å²) in [6.45, 7) is 0. The topological polar surface area (TPSA) is 58.9 Å². The van der Waals surface area contributed by atoms with Gasteiger partial charge in [0.1, 0.15) is 0 Å². The maximum absolute atomic E-state index is 11.6. The number of ketones is 1. The Kier molecular flexibility index (Phi) is 1.29. The van der Waals surface area contributed by atoms with Crippen LogP contribution in [-0.2, 0) is 6.42 Å². The molecule has 0 amide bonds. The summed E-state index contributed by atoms with van der Waals surface area (Å²) in [4.78, 5) is 14.8. The normalized spacial score (nSPS) is 15.0. The number of Topliss-reactive ketones (excluding diaryl/α,β-unsaturated/α-hetero) is 1. The van der Waals surface area contributed by atoms with Gasteiger partial charge in [0.25, 0.3) is 0 Å². The molecule has 0 unspecified atom stereocenters. The highest BCUT2D eigenvalue weighted by Gasteiger charge is 2.24. The average Bonchev–Trinajstić information content (AvgIpc) is 2.66. The molecule has 1 aliphatic rings. The third-order valence-electron chi connectivity index (χ3n) is 2.78. The first-order valence-corrected chi connectivity index (χ1v) is 4.69. The first kappa shape index (κ1) is 7.62. The molecule has 14 heavy (non-hydrogen) atoms. The van der Waals surface area contributed by atoms with Crippen LogP contribution in [0.1, 0.15) is 22.5 Å². The molecule has 0 saturated carbocycles. The van der Waals surface area contributed by atoms with E-state index >= 15 is 0 Å². The number of carbonyl (C=O) groups excluding carboxylic acids is 1. The number of hydrogen-bond donors (Lipinski definition) is 2. The van der Waals surface area contributed by atoms with Gasteiger partial charge in [0.15, 0.2) is 5.78 Å². The maximum atomic E-state index is 11.6. The molecule has 3 rings (SSSR count). The summed E-state index contributed by atoms with van der Waals surface area (Å²) in [5, 5.41) is 1.01. The molecule has 0 saturated heterocycles. The Labute approximate surface area is 80.9 Å². The SMILES string of the molecule is Nc1ccc2c3c([nH]c2c1)CCC3=O. The number of aromatic amines is 1. The van der Waals surface area contributed by atoms with E-state index in [1.165, 1.54) is 0 Å². The zero-order valence-corrected chi connectivity index (χ0v) is 7.63. The van der Waals surface area contributed by atoms with Crippen LogP contribution in [0.25, 0.3) is 10.9 Å². The third kappa shape index (κ3) is 0.839. The lowest BCUT2D eigenvalue weighted by atomic mass is 10.1. The highest BCUT2D eigenvalue weighted by atomic mass is 16.1. The molecule has 0 fully saturated rings. The summed E-state index contributed by atoms with van der Waals surface area (Å²) < 4.78 is 0. The molecule has 3 N–H and O–H groups in total. The molecule has 70 valence electrons. The van der Waals surface area contributed by atoms with Crippen molar-refractivity contribution in [1.29, 1.82) is 0 Å². The number of anilines is 1. The van der Waals surface area contributed by atoms with Gasteiger partial charge in [-0.15, -0.1) is 0 Å². The molecule has 1 aromatic heterocycles. The fraction of sp³-hybridized carbons (Fsp3) is 0.182. The monoisotopic (exact) mass is 186 g/mol. The van der Waals surface area contributed by atoms with E-state index in [4.69, 9.17) is 5.73 Å². The van der Waals surface area contributed by atoms with Crippen LogP contribution < -0.4 is 5.73 Å². The molecule has 0 radical (unpaired) electrons. The molecule has 3 heteroatoms. The van der Waals surface area contributed by atoms with Crippen LogP contribution in [-0.4, -0.2) is 10.8 Å². The number of H-pyrrole nitrogens is 1. The van der Waals surface area contributed by atoms with Crippen molar-refractivity contribution >= 4 is 22.4 Å². The van der Waals surface area contributed by atoms with Crippen LogP contribution >= 0.6 is 0 Å². The Balaban J connectivity index is 2.41. The van der Waals surface area contributed by atoms with Gasteiger partial charge in [-0.1, -0.05) is 6.07 Å². The number of benzene rings is 1. The van der Waals surface area contributed by atoms with Gasteiger partial charge >= 0.3 is 0 Å². The van der Waals surface area contributed by atoms with Gasteiger partial charge in [-0.25, -0.2) is 0 Å². The second kappa shape index (κ2) is 2.38. The first-order valence-electron chi connectivity index (χ1n) is 4.69. The molecule has 3 nitrogen and oxygen atoms in total. The van der Waals surface area contributed by atoms with E-state index in [2.05, 4.69) is 4.98 Å². The van der Waals surface area contributed by atoms with Gasteiger partial charge in [0.2, 0.25) is 0 Å². The highest BCUT2D eigenvalue weighted by Crippen LogP contribution is 2.30. The Morgan fingerprint density at radius 3 is 3.00 bits per heavy atom. The van der Waals surface area contributed by atoms with E-state index in [1.54, 1.807) is 0 Å². The van der Waals surface area contributed by atoms with Gasteiger partial charge in [-0.05, 0) is 18.6 Å². The van der Waals surface area contributed by atoms with Gasteiger partial charge in [0, 0.05) is 34.3 Å². The van der Waals surface area contributed by atoms with Crippen molar-refractivity contribution in [1.82, 2.24) is 4.98 Å². The largest absolute Gasteiger partial charge is 0.399 e. The van der Waals surface area contributed by atoms with Crippen molar-refractivity contribution in [3.63, 3.8) is 0 Å². The molecule has 0 aliphatic heterocycles. The van der Waals surface area contributed by atoms with Crippen LogP contribution in [0.2, 0.25) is 0 Å². The summed E-state index contributed by atoms with van der Waals surface area (Å²) in [5.74, 6) is 0.246. The van der Waals surface area contributed by atoms with E-state index in [0.29, 0.717) is 6.42 Å². The molecular formula is C11H10N2O. The first-order chi connectivity index (χ1) is 6.75. The van der Waals surface area contributed by atoms with E-state index < -0.39 is 0 Å². The quantitative estimate of drug-likeness (QED) is 0.617. The van der Waals surface area contributed by atoms with Gasteiger partial charge in [0.05, 0.1) is 0 Å². The third-order valence-corrected chi connectivity index (χ3v) is 2.78. The van der Waals surface area contributed by atoms with E-state index in [0.717, 1.165) is 34.3 Å². The molecule has 2 aromatic rings. The molecule has 1 aliphatic carbocycles. The number of aromatic nitrogens is 1. The van der Waals surface area contributed by atoms with Crippen molar-refractivity contribution < 1.29 is 4.79 Å². The standard InChI is InChI=1S/C11H10N2O/c12-6-1-2-7-9(5-6)13-8-3-4-10(14)11(7)8/h1-2,5,13H,3-4,12H2. The van der Waals surface area contributed by atoms with Crippen molar-refractivity contribution in [3.8, 4) is 0 Å². The van der Waals surface area contributed by atoms with Crippen molar-refractivity contribution in [2.75, 3.05) is 5.73 Å². The van der Waals surface area contributed by atoms with Crippen LogP contribution in [0.15, 0.2) is 18.2 Å². The van der Waals surface area contributed by atoms with E-state index in [9.17, 15) is 4.79 Å². The predicted molar refractivity (Wildman–Crippen MR) is 55.4 cm³/mol. The fourth-order valence-corrected chi connectivity index (χ4v) is 2.14. The summed E-state index contributed by atoms with van der Waals surface area (Å²) in [7, 11) is 0. The second-order valence-electron chi connectivity index (χ2n) is 3.71. The summed E-state index contributed by atoms with van der Waals surface area (Å²) >= 11 is 0. The molecule has 0 bridgehead atoms. The maximum Gasteiger partial charge on any atom is 0.165 e. The number of nitrogens with one attached hydrogen (secondary N) is 1. The summed E-state index contributed by atoms with van der Waals surface area (Å²) in [6.07, 6.45) is 1.48. The molecule has 0 atom stereocenters. The lowest BCUT2D eigenvalue weighted by Crippen LogP contribution is -1.90. The molecule has 1 aromatic carbocycles. The summed E-state index contributed by atoms with van der Waals surface area (Å²) in [6, 6.07) is 5.63. The van der Waals surface area contributed by atoms with Crippen LogP contribution in [0.5, 0.6) is 0 Å². The predicted octanol–water partition coefficient (Wildman–Crippen LogP) is 1.88. The number of fused-ring (bicyclic) bond motifs is 3. The second-order valence-corrected chi connectivity index (χ2v) is 3.71. The number of nitrogens with two attached hydrogens (primary N) is 1. The van der Waals surface area contributed by atoms with Crippen molar-refractivity contribution in [2.45, 2.75) is 12.8 Å². The lowest BCUT2D eigenvalue weighted by Gasteiger charge is -1.94. The van der Waals surface area contributed by atoms with Crippen LogP contribution in [0.4, 0.5) is 5.69 Å². The number of aryl methyl sites for hydroxylation is 1. The van der Waals surface area contributed by atoms with E-state index in [1.807, 2.05) is 18.2 Å². The van der Waals surface area contributed by atoms with Gasteiger partial charge in [-0.2, -0.15) is 0 Å². The zero-order valence-electron chi connectivity index (χ0n) is 7.63. The van der Waals surface area contributed by atoms with Gasteiger partial charge < -0.3 is 10.7 Å². The van der Waals surface area contributed by atoms with E-state index in [-0.39, 0.29) is 5.78 Å². The average molecular weight is 186 g/mol. The van der Waals surface area contributed by atoms with Crippen molar-refractivity contribution in [2.24, 2.45) is 0 Å². The minimum Gasteiger partial charge on any atom is -0.399 e. The Bertz CT molecular complexity index is 539. The number of nitrogen functional groups attached to an aromatic ring is 1.